The molecule has 0 saturated carbocycles. The highest BCUT2D eigenvalue weighted by atomic mass is 79.9. The molecule has 0 rings (SSSR count). The summed E-state index contributed by atoms with van der Waals surface area (Å²) in [6, 6.07) is 0. The van der Waals surface area contributed by atoms with Crippen molar-refractivity contribution in [2.24, 2.45) is 0 Å². The highest BCUT2D eigenvalue weighted by Gasteiger charge is 2.05. The van der Waals surface area contributed by atoms with Gasteiger partial charge in [-0.1, -0.05) is 29.1 Å². The minimum absolute atomic E-state index is 0.135. The molecule has 0 heterocycles. The maximum atomic E-state index is 10.8. The van der Waals surface area contributed by atoms with E-state index in [0.717, 1.165) is 5.70 Å². The molecule has 0 aromatic rings. The Morgan fingerprint density at radius 3 is 2.60 bits per heavy atom. The normalized spacial score (nSPS) is 8.60. The average Bonchev–Trinajstić information content (AvgIpc) is 2.00. The second-order valence-corrected chi connectivity index (χ2v) is 2.36. The SMILES string of the molecule is C=CC(=O)N(C)C(=C)CBr. The van der Waals surface area contributed by atoms with E-state index in [4.69, 9.17) is 0 Å². The minimum Gasteiger partial charge on any atom is -0.315 e. The Labute approximate surface area is 69.3 Å². The first-order valence-electron chi connectivity index (χ1n) is 2.77. The number of amides is 1. The topological polar surface area (TPSA) is 20.3 Å². The number of hydrogen-bond donors (Lipinski definition) is 0. The first kappa shape index (κ1) is 9.43. The van der Waals surface area contributed by atoms with Gasteiger partial charge in [0, 0.05) is 18.1 Å². The molecule has 0 N–H and O–H groups in total. The number of carbonyl (C=O) groups excluding carboxylic acids is 1. The lowest BCUT2D eigenvalue weighted by Gasteiger charge is -2.15. The number of rotatable bonds is 3. The Morgan fingerprint density at radius 1 is 1.80 bits per heavy atom. The number of hydrogen-bond acceptors (Lipinski definition) is 1. The van der Waals surface area contributed by atoms with E-state index in [1.54, 1.807) is 7.05 Å². The molecule has 0 fully saturated rings. The monoisotopic (exact) mass is 203 g/mol. The van der Waals surface area contributed by atoms with Crippen molar-refractivity contribution in [3.63, 3.8) is 0 Å². The molecule has 0 spiro atoms. The van der Waals surface area contributed by atoms with Gasteiger partial charge in [-0.15, -0.1) is 0 Å². The molecule has 0 aromatic carbocycles. The van der Waals surface area contributed by atoms with Crippen molar-refractivity contribution < 1.29 is 4.79 Å². The molecule has 56 valence electrons. The zero-order valence-electron chi connectivity index (χ0n) is 5.93. The van der Waals surface area contributed by atoms with Crippen molar-refractivity contribution in [2.75, 3.05) is 12.4 Å². The third-order valence-corrected chi connectivity index (χ3v) is 1.78. The van der Waals surface area contributed by atoms with Gasteiger partial charge in [-0.05, 0) is 6.08 Å². The predicted molar refractivity (Wildman–Crippen MR) is 45.9 cm³/mol. The van der Waals surface area contributed by atoms with Crippen LogP contribution in [0, 0.1) is 0 Å². The quantitative estimate of drug-likeness (QED) is 0.504. The van der Waals surface area contributed by atoms with Crippen LogP contribution in [0.3, 0.4) is 0 Å². The van der Waals surface area contributed by atoms with Crippen LogP contribution in [0.1, 0.15) is 0 Å². The Kier molecular flexibility index (Phi) is 4.03. The fraction of sp³-hybridized carbons (Fsp3) is 0.286. The molecule has 0 aliphatic carbocycles. The fourth-order valence-corrected chi connectivity index (χ4v) is 0.759. The molecule has 0 atom stereocenters. The Morgan fingerprint density at radius 2 is 2.30 bits per heavy atom. The van der Waals surface area contributed by atoms with E-state index in [1.807, 2.05) is 0 Å². The fourth-order valence-electron chi connectivity index (χ4n) is 0.382. The van der Waals surface area contributed by atoms with E-state index in [0.29, 0.717) is 5.33 Å². The van der Waals surface area contributed by atoms with Crippen LogP contribution in [-0.4, -0.2) is 23.2 Å². The molecule has 0 saturated heterocycles. The van der Waals surface area contributed by atoms with E-state index in [2.05, 4.69) is 29.1 Å². The molecule has 0 aromatic heterocycles. The number of allylic oxidation sites excluding steroid dienone is 1. The summed E-state index contributed by atoms with van der Waals surface area (Å²) in [7, 11) is 1.66. The van der Waals surface area contributed by atoms with Gasteiger partial charge in [-0.2, -0.15) is 0 Å². The third-order valence-electron chi connectivity index (χ3n) is 1.13. The van der Waals surface area contributed by atoms with Crippen LogP contribution in [0.25, 0.3) is 0 Å². The predicted octanol–water partition coefficient (Wildman–Crippen LogP) is 1.54. The number of likely N-dealkylation sites (N-methyl/N-ethyl adjacent to an activating group) is 1. The molecule has 0 unspecified atom stereocenters. The maximum absolute atomic E-state index is 10.8. The van der Waals surface area contributed by atoms with Crippen LogP contribution in [0.5, 0.6) is 0 Å². The van der Waals surface area contributed by atoms with E-state index >= 15 is 0 Å². The number of nitrogens with zero attached hydrogens (tertiary/aromatic N) is 1. The highest BCUT2D eigenvalue weighted by Crippen LogP contribution is 2.02. The highest BCUT2D eigenvalue weighted by molar-refractivity contribution is 9.09. The zero-order chi connectivity index (χ0) is 8.15. The second kappa shape index (κ2) is 4.28. The minimum atomic E-state index is -0.135. The van der Waals surface area contributed by atoms with E-state index in [1.165, 1.54) is 11.0 Å². The Balaban J connectivity index is 4.06. The first-order chi connectivity index (χ1) is 4.63. The van der Waals surface area contributed by atoms with Crippen LogP contribution in [-0.2, 0) is 4.79 Å². The lowest BCUT2D eigenvalue weighted by Crippen LogP contribution is -2.23. The van der Waals surface area contributed by atoms with Crippen LogP contribution < -0.4 is 0 Å². The molecule has 0 aliphatic heterocycles. The lowest BCUT2D eigenvalue weighted by atomic mass is 10.4. The maximum Gasteiger partial charge on any atom is 0.249 e. The largest absolute Gasteiger partial charge is 0.315 e. The standard InChI is InChI=1S/C7H10BrNO/c1-4-7(10)9(3)6(2)5-8/h4H,1-2,5H2,3H3. The van der Waals surface area contributed by atoms with E-state index < -0.39 is 0 Å². The number of alkyl halides is 1. The summed E-state index contributed by atoms with van der Waals surface area (Å²) in [4.78, 5) is 12.3. The molecule has 10 heavy (non-hydrogen) atoms. The van der Waals surface area contributed by atoms with Gasteiger partial charge in [-0.25, -0.2) is 0 Å². The lowest BCUT2D eigenvalue weighted by molar-refractivity contribution is -0.123. The molecular formula is C7H10BrNO. The van der Waals surface area contributed by atoms with Gasteiger partial charge in [-0.3, -0.25) is 4.79 Å². The summed E-state index contributed by atoms with van der Waals surface area (Å²) >= 11 is 3.19. The van der Waals surface area contributed by atoms with Gasteiger partial charge in [0.1, 0.15) is 0 Å². The van der Waals surface area contributed by atoms with Crippen molar-refractivity contribution in [3.05, 3.63) is 24.9 Å². The van der Waals surface area contributed by atoms with Gasteiger partial charge >= 0.3 is 0 Å². The second-order valence-electron chi connectivity index (χ2n) is 1.80. The summed E-state index contributed by atoms with van der Waals surface area (Å²) in [5, 5.41) is 0.600. The summed E-state index contributed by atoms with van der Waals surface area (Å²) in [6.45, 7) is 7.00. The van der Waals surface area contributed by atoms with Crippen LogP contribution in [0.15, 0.2) is 24.9 Å². The summed E-state index contributed by atoms with van der Waals surface area (Å²) < 4.78 is 0. The first-order valence-corrected chi connectivity index (χ1v) is 3.89. The van der Waals surface area contributed by atoms with Crippen LogP contribution in [0.4, 0.5) is 0 Å². The molecule has 0 radical (unpaired) electrons. The van der Waals surface area contributed by atoms with E-state index in [9.17, 15) is 4.79 Å². The molecule has 0 aliphatic rings. The van der Waals surface area contributed by atoms with Gasteiger partial charge in [0.2, 0.25) is 5.91 Å². The van der Waals surface area contributed by atoms with Crippen LogP contribution in [0.2, 0.25) is 0 Å². The molecule has 0 bridgehead atoms. The van der Waals surface area contributed by atoms with Crippen molar-refractivity contribution in [1.82, 2.24) is 4.90 Å². The smallest absolute Gasteiger partial charge is 0.249 e. The molecule has 3 heteroatoms. The summed E-state index contributed by atoms with van der Waals surface area (Å²) in [6.07, 6.45) is 1.26. The molecular weight excluding hydrogens is 194 g/mol. The van der Waals surface area contributed by atoms with Crippen LogP contribution >= 0.6 is 15.9 Å². The van der Waals surface area contributed by atoms with Gasteiger partial charge in [0.15, 0.2) is 0 Å². The average molecular weight is 204 g/mol. The summed E-state index contributed by atoms with van der Waals surface area (Å²) in [5.74, 6) is -0.135. The molecule has 1 amide bonds. The van der Waals surface area contributed by atoms with E-state index in [-0.39, 0.29) is 5.91 Å². The van der Waals surface area contributed by atoms with Crippen molar-refractivity contribution >= 4 is 21.8 Å². The van der Waals surface area contributed by atoms with Crippen molar-refractivity contribution in [3.8, 4) is 0 Å². The number of halogens is 1. The van der Waals surface area contributed by atoms with Gasteiger partial charge in [0.25, 0.3) is 0 Å². The Hall–Kier alpha value is -0.570. The zero-order valence-corrected chi connectivity index (χ0v) is 7.52. The van der Waals surface area contributed by atoms with Crippen molar-refractivity contribution in [2.45, 2.75) is 0 Å². The van der Waals surface area contributed by atoms with Gasteiger partial charge in [0.05, 0.1) is 0 Å². The Bertz CT molecular complexity index is 165. The third kappa shape index (κ3) is 2.35. The van der Waals surface area contributed by atoms with Gasteiger partial charge < -0.3 is 4.90 Å². The number of carbonyl (C=O) groups is 1. The molecule has 2 nitrogen and oxygen atoms in total. The summed E-state index contributed by atoms with van der Waals surface area (Å²) in [5.41, 5.74) is 0.727. The van der Waals surface area contributed by atoms with Crippen molar-refractivity contribution in [1.29, 1.82) is 0 Å².